The lowest BCUT2D eigenvalue weighted by atomic mass is 9.92. The highest BCUT2D eigenvalue weighted by Gasteiger charge is 2.08. The number of hydrogen-bond acceptors (Lipinski definition) is 0. The van der Waals surface area contributed by atoms with Crippen LogP contribution in [0.25, 0.3) is 0 Å². The summed E-state index contributed by atoms with van der Waals surface area (Å²) in [5.74, 6) is 0.416. The van der Waals surface area contributed by atoms with Crippen molar-refractivity contribution >= 4 is 0 Å². The van der Waals surface area contributed by atoms with Gasteiger partial charge >= 0.3 is 0 Å². The van der Waals surface area contributed by atoms with Gasteiger partial charge in [-0.2, -0.15) is 0 Å². The zero-order valence-electron chi connectivity index (χ0n) is 8.60. The molecular weight excluding hydrogens is 163 g/mol. The van der Waals surface area contributed by atoms with Gasteiger partial charge in [0.25, 0.3) is 0 Å². The fourth-order valence-corrected chi connectivity index (χ4v) is 1.58. The van der Waals surface area contributed by atoms with Crippen molar-refractivity contribution in [2.45, 2.75) is 39.5 Å². The molecule has 0 aliphatic heterocycles. The topological polar surface area (TPSA) is 0 Å². The predicted octanol–water partition coefficient (Wildman–Crippen LogP) is 3.90. The number of benzene rings is 1. The first-order chi connectivity index (χ1) is 6.19. The van der Waals surface area contributed by atoms with E-state index in [2.05, 4.69) is 20.8 Å². The summed E-state index contributed by atoms with van der Waals surface area (Å²) < 4.78 is 12.9. The lowest BCUT2D eigenvalue weighted by molar-refractivity contribution is 0.621. The quantitative estimate of drug-likeness (QED) is 0.661. The zero-order valence-corrected chi connectivity index (χ0v) is 8.60. The van der Waals surface area contributed by atoms with Gasteiger partial charge in [-0.1, -0.05) is 26.8 Å². The molecule has 1 aromatic carbocycles. The van der Waals surface area contributed by atoms with Crippen molar-refractivity contribution in [3.8, 4) is 0 Å². The minimum Gasteiger partial charge on any atom is -0.207 e. The molecule has 0 aliphatic carbocycles. The standard InChI is InChI=1S/C12H17F/c1-4-9(3)12-7-6-11(13)8-10(12)5-2/h6-9H,4-5H2,1-3H3. The number of hydrogen-bond donors (Lipinski definition) is 0. The van der Waals surface area contributed by atoms with Crippen molar-refractivity contribution in [2.75, 3.05) is 0 Å². The minimum atomic E-state index is -0.121. The van der Waals surface area contributed by atoms with Gasteiger partial charge in [0.1, 0.15) is 5.82 Å². The largest absolute Gasteiger partial charge is 0.207 e. The van der Waals surface area contributed by atoms with E-state index in [1.807, 2.05) is 6.07 Å². The average molecular weight is 180 g/mol. The first-order valence-corrected chi connectivity index (χ1v) is 4.97. The lowest BCUT2D eigenvalue weighted by Crippen LogP contribution is -1.98. The molecule has 0 aromatic heterocycles. The van der Waals surface area contributed by atoms with Crippen LogP contribution in [0.5, 0.6) is 0 Å². The molecule has 0 spiro atoms. The fraction of sp³-hybridized carbons (Fsp3) is 0.500. The van der Waals surface area contributed by atoms with Crippen LogP contribution in [0.4, 0.5) is 4.39 Å². The maximum Gasteiger partial charge on any atom is 0.123 e. The Balaban J connectivity index is 3.05. The minimum absolute atomic E-state index is 0.121. The zero-order chi connectivity index (χ0) is 9.84. The molecule has 0 saturated carbocycles. The number of halogens is 1. The SMILES string of the molecule is CCc1cc(F)ccc1C(C)CC. The molecule has 1 unspecified atom stereocenters. The summed E-state index contributed by atoms with van der Waals surface area (Å²) >= 11 is 0. The van der Waals surface area contributed by atoms with E-state index in [-0.39, 0.29) is 5.82 Å². The van der Waals surface area contributed by atoms with E-state index in [4.69, 9.17) is 0 Å². The maximum atomic E-state index is 12.9. The van der Waals surface area contributed by atoms with Gasteiger partial charge in [0, 0.05) is 0 Å². The van der Waals surface area contributed by atoms with Crippen LogP contribution in [0.1, 0.15) is 44.2 Å². The Bertz CT molecular complexity index is 278. The van der Waals surface area contributed by atoms with Crippen molar-refractivity contribution in [2.24, 2.45) is 0 Å². The Hall–Kier alpha value is -0.850. The summed E-state index contributed by atoms with van der Waals surface area (Å²) in [6.45, 7) is 6.42. The average Bonchev–Trinajstić information content (AvgIpc) is 2.16. The second-order valence-electron chi connectivity index (χ2n) is 3.51. The van der Waals surface area contributed by atoms with Crippen LogP contribution in [0, 0.1) is 5.82 Å². The summed E-state index contributed by atoms with van der Waals surface area (Å²) in [5, 5.41) is 0. The first-order valence-electron chi connectivity index (χ1n) is 4.97. The van der Waals surface area contributed by atoms with Crippen LogP contribution in [0.2, 0.25) is 0 Å². The molecule has 0 amide bonds. The third-order valence-corrected chi connectivity index (χ3v) is 2.63. The predicted molar refractivity (Wildman–Crippen MR) is 54.5 cm³/mol. The van der Waals surface area contributed by atoms with E-state index in [0.29, 0.717) is 5.92 Å². The van der Waals surface area contributed by atoms with Crippen LogP contribution in [-0.2, 0) is 6.42 Å². The number of rotatable bonds is 3. The Morgan fingerprint density at radius 2 is 2.00 bits per heavy atom. The van der Waals surface area contributed by atoms with Crippen molar-refractivity contribution in [1.82, 2.24) is 0 Å². The normalized spacial score (nSPS) is 12.9. The monoisotopic (exact) mass is 180 g/mol. The van der Waals surface area contributed by atoms with E-state index < -0.39 is 0 Å². The second-order valence-corrected chi connectivity index (χ2v) is 3.51. The van der Waals surface area contributed by atoms with E-state index in [9.17, 15) is 4.39 Å². The maximum absolute atomic E-state index is 12.9. The smallest absolute Gasteiger partial charge is 0.123 e. The van der Waals surface area contributed by atoms with Crippen LogP contribution in [0.15, 0.2) is 18.2 Å². The van der Waals surface area contributed by atoms with Crippen LogP contribution in [-0.4, -0.2) is 0 Å². The molecule has 0 fully saturated rings. The van der Waals surface area contributed by atoms with E-state index >= 15 is 0 Å². The molecule has 1 heteroatoms. The second kappa shape index (κ2) is 4.40. The summed E-state index contributed by atoms with van der Waals surface area (Å²) in [5.41, 5.74) is 2.45. The molecule has 0 aliphatic rings. The van der Waals surface area contributed by atoms with Crippen molar-refractivity contribution in [3.63, 3.8) is 0 Å². The lowest BCUT2D eigenvalue weighted by Gasteiger charge is -2.13. The molecule has 0 heterocycles. The molecule has 0 nitrogen and oxygen atoms in total. The molecular formula is C12H17F. The van der Waals surface area contributed by atoms with Crippen LogP contribution < -0.4 is 0 Å². The highest BCUT2D eigenvalue weighted by Crippen LogP contribution is 2.23. The van der Waals surface area contributed by atoms with Crippen molar-refractivity contribution < 1.29 is 4.39 Å². The van der Waals surface area contributed by atoms with Gasteiger partial charge in [-0.05, 0) is 42.0 Å². The third-order valence-electron chi connectivity index (χ3n) is 2.63. The van der Waals surface area contributed by atoms with Gasteiger partial charge in [-0.25, -0.2) is 4.39 Å². The molecule has 0 saturated heterocycles. The van der Waals surface area contributed by atoms with Crippen LogP contribution in [0.3, 0.4) is 0 Å². The van der Waals surface area contributed by atoms with Crippen LogP contribution >= 0.6 is 0 Å². The van der Waals surface area contributed by atoms with Crippen molar-refractivity contribution in [3.05, 3.63) is 35.1 Å². The van der Waals surface area contributed by atoms with Gasteiger partial charge < -0.3 is 0 Å². The van der Waals surface area contributed by atoms with Gasteiger partial charge in [0.15, 0.2) is 0 Å². The Kier molecular flexibility index (Phi) is 3.47. The van der Waals surface area contributed by atoms with E-state index in [0.717, 1.165) is 18.4 Å². The van der Waals surface area contributed by atoms with Gasteiger partial charge in [0.2, 0.25) is 0 Å². The fourth-order valence-electron chi connectivity index (χ4n) is 1.58. The van der Waals surface area contributed by atoms with Gasteiger partial charge in [0.05, 0.1) is 0 Å². The summed E-state index contributed by atoms with van der Waals surface area (Å²) in [6.07, 6.45) is 2.02. The molecule has 0 radical (unpaired) electrons. The first kappa shape index (κ1) is 10.2. The summed E-state index contributed by atoms with van der Waals surface area (Å²) in [6, 6.07) is 5.13. The molecule has 72 valence electrons. The Morgan fingerprint density at radius 1 is 1.31 bits per heavy atom. The van der Waals surface area contributed by atoms with E-state index in [1.54, 1.807) is 12.1 Å². The highest BCUT2D eigenvalue weighted by atomic mass is 19.1. The summed E-state index contributed by atoms with van der Waals surface area (Å²) in [7, 11) is 0. The molecule has 0 N–H and O–H groups in total. The molecule has 1 rings (SSSR count). The molecule has 0 bridgehead atoms. The van der Waals surface area contributed by atoms with E-state index in [1.165, 1.54) is 5.56 Å². The molecule has 1 aromatic rings. The summed E-state index contributed by atoms with van der Waals surface area (Å²) in [4.78, 5) is 0. The van der Waals surface area contributed by atoms with Gasteiger partial charge in [-0.15, -0.1) is 0 Å². The molecule has 1 atom stereocenters. The Morgan fingerprint density at radius 3 is 2.54 bits per heavy atom. The number of aryl methyl sites for hydroxylation is 1. The highest BCUT2D eigenvalue weighted by molar-refractivity contribution is 5.30. The molecule has 13 heavy (non-hydrogen) atoms. The third kappa shape index (κ3) is 2.30. The van der Waals surface area contributed by atoms with Crippen molar-refractivity contribution in [1.29, 1.82) is 0 Å². The van der Waals surface area contributed by atoms with Gasteiger partial charge in [-0.3, -0.25) is 0 Å². The Labute approximate surface area is 79.8 Å².